The Balaban J connectivity index is 1.52. The standard InChI is InChI=1S/C19H19ClFN5O4S2/c1-11-15(16(20)26(23-11)14-5-3-13(21)4-6-14)17(27)24-7-9-25(10-8-24)32(29,30)18-12(2)22-19(28)31-18/h3-6H,7-10H2,1-2H3,(H,22,28). The molecule has 1 aromatic carbocycles. The Labute approximate surface area is 192 Å². The maximum atomic E-state index is 13.2. The number of H-pyrrole nitrogens is 1. The van der Waals surface area contributed by atoms with Crippen LogP contribution in [0.1, 0.15) is 21.7 Å². The number of sulfonamides is 1. The normalized spacial score (nSPS) is 15.3. The van der Waals surface area contributed by atoms with Gasteiger partial charge in [-0.2, -0.15) is 9.40 Å². The van der Waals surface area contributed by atoms with Gasteiger partial charge >= 0.3 is 4.87 Å². The van der Waals surface area contributed by atoms with E-state index >= 15 is 0 Å². The van der Waals surface area contributed by atoms with E-state index in [-0.39, 0.29) is 47.0 Å². The van der Waals surface area contributed by atoms with Crippen molar-refractivity contribution in [2.45, 2.75) is 18.1 Å². The summed E-state index contributed by atoms with van der Waals surface area (Å²) < 4.78 is 41.6. The van der Waals surface area contributed by atoms with E-state index in [0.717, 1.165) is 0 Å². The maximum Gasteiger partial charge on any atom is 0.305 e. The Morgan fingerprint density at radius 2 is 1.78 bits per heavy atom. The van der Waals surface area contributed by atoms with Crippen LogP contribution in [-0.4, -0.2) is 64.5 Å². The Morgan fingerprint density at radius 1 is 1.16 bits per heavy atom. The topological polar surface area (TPSA) is 108 Å². The van der Waals surface area contributed by atoms with E-state index in [1.165, 1.54) is 45.1 Å². The van der Waals surface area contributed by atoms with Crippen molar-refractivity contribution in [2.24, 2.45) is 0 Å². The number of nitrogens with zero attached hydrogens (tertiary/aromatic N) is 4. The number of carbonyl (C=O) groups excluding carboxylic acids is 1. The number of carbonyl (C=O) groups is 1. The van der Waals surface area contributed by atoms with Crippen LogP contribution < -0.4 is 4.87 Å². The number of aromatic amines is 1. The second-order valence-corrected chi connectivity index (χ2v) is 10.7. The minimum atomic E-state index is -3.83. The van der Waals surface area contributed by atoms with Gasteiger partial charge in [-0.3, -0.25) is 9.59 Å². The number of rotatable bonds is 4. The van der Waals surface area contributed by atoms with Gasteiger partial charge in [-0.1, -0.05) is 22.9 Å². The summed E-state index contributed by atoms with van der Waals surface area (Å²) in [5, 5.41) is 4.41. The number of aromatic nitrogens is 3. The molecular weight excluding hydrogens is 481 g/mol. The third-order valence-corrected chi connectivity index (χ3v) is 9.00. The average molecular weight is 500 g/mol. The summed E-state index contributed by atoms with van der Waals surface area (Å²) in [4.78, 5) is 28.2. The summed E-state index contributed by atoms with van der Waals surface area (Å²) in [7, 11) is -3.83. The molecule has 32 heavy (non-hydrogen) atoms. The molecule has 0 saturated carbocycles. The zero-order valence-corrected chi connectivity index (χ0v) is 19.5. The molecule has 0 spiro atoms. The number of thiazole rings is 1. The number of halogens is 2. The predicted octanol–water partition coefficient (Wildman–Crippen LogP) is 2.18. The Bertz CT molecular complexity index is 1340. The van der Waals surface area contributed by atoms with E-state index in [1.807, 2.05) is 0 Å². The second kappa shape index (κ2) is 8.43. The number of amides is 1. The van der Waals surface area contributed by atoms with Gasteiger partial charge in [0.15, 0.2) is 4.21 Å². The number of hydrogen-bond donors (Lipinski definition) is 1. The van der Waals surface area contributed by atoms with Crippen LogP contribution in [0.3, 0.4) is 0 Å². The van der Waals surface area contributed by atoms with Crippen LogP contribution in [0.15, 0.2) is 33.3 Å². The van der Waals surface area contributed by atoms with E-state index in [4.69, 9.17) is 11.6 Å². The molecule has 1 aliphatic rings. The Morgan fingerprint density at radius 3 is 2.34 bits per heavy atom. The molecule has 2 aromatic heterocycles. The SMILES string of the molecule is Cc1nn(-c2ccc(F)cc2)c(Cl)c1C(=O)N1CCN(S(=O)(=O)c2sc(=O)[nH]c2C)CC1. The number of hydrogen-bond acceptors (Lipinski definition) is 6. The molecule has 170 valence electrons. The van der Waals surface area contributed by atoms with Crippen molar-refractivity contribution < 1.29 is 17.6 Å². The number of aryl methyl sites for hydroxylation is 2. The first-order chi connectivity index (χ1) is 15.1. The van der Waals surface area contributed by atoms with Crippen LogP contribution in [0, 0.1) is 19.7 Å². The summed E-state index contributed by atoms with van der Waals surface area (Å²) in [5.41, 5.74) is 1.43. The average Bonchev–Trinajstić information content (AvgIpc) is 3.26. The zero-order chi connectivity index (χ0) is 23.2. The van der Waals surface area contributed by atoms with Crippen molar-refractivity contribution in [1.29, 1.82) is 0 Å². The third kappa shape index (κ3) is 3.98. The fourth-order valence-electron chi connectivity index (χ4n) is 3.54. The highest BCUT2D eigenvalue weighted by molar-refractivity contribution is 7.91. The molecule has 3 aromatic rings. The van der Waals surface area contributed by atoms with Gasteiger partial charge in [-0.25, -0.2) is 17.5 Å². The minimum Gasteiger partial charge on any atom is -0.336 e. The highest BCUT2D eigenvalue weighted by atomic mass is 35.5. The molecule has 3 heterocycles. The molecule has 0 bridgehead atoms. The molecule has 9 nitrogen and oxygen atoms in total. The summed E-state index contributed by atoms with van der Waals surface area (Å²) in [6.45, 7) is 3.68. The van der Waals surface area contributed by atoms with Gasteiger partial charge in [-0.05, 0) is 38.1 Å². The van der Waals surface area contributed by atoms with Gasteiger partial charge in [0.25, 0.3) is 15.9 Å². The van der Waals surface area contributed by atoms with Crippen molar-refractivity contribution >= 4 is 38.9 Å². The molecule has 0 unspecified atom stereocenters. The molecular formula is C19H19ClFN5O4S2. The van der Waals surface area contributed by atoms with Crippen molar-refractivity contribution in [2.75, 3.05) is 26.2 Å². The summed E-state index contributed by atoms with van der Waals surface area (Å²) in [6.07, 6.45) is 0. The highest BCUT2D eigenvalue weighted by Crippen LogP contribution is 2.27. The van der Waals surface area contributed by atoms with Crippen LogP contribution in [0.5, 0.6) is 0 Å². The number of nitrogens with one attached hydrogen (secondary N) is 1. The van der Waals surface area contributed by atoms with Crippen LogP contribution in [0.2, 0.25) is 5.15 Å². The fourth-order valence-corrected chi connectivity index (χ4v) is 6.75. The molecule has 1 fully saturated rings. The lowest BCUT2D eigenvalue weighted by molar-refractivity contribution is 0.0697. The van der Waals surface area contributed by atoms with E-state index in [0.29, 0.717) is 28.4 Å². The van der Waals surface area contributed by atoms with E-state index in [2.05, 4.69) is 10.1 Å². The zero-order valence-electron chi connectivity index (χ0n) is 17.1. The van der Waals surface area contributed by atoms with Gasteiger partial charge in [0.05, 0.1) is 16.9 Å². The van der Waals surface area contributed by atoms with E-state index < -0.39 is 20.7 Å². The molecule has 1 amide bonds. The molecule has 0 atom stereocenters. The summed E-state index contributed by atoms with van der Waals surface area (Å²) >= 11 is 7.09. The maximum absolute atomic E-state index is 13.2. The molecule has 1 aliphatic heterocycles. The Kier molecular flexibility index (Phi) is 5.96. The van der Waals surface area contributed by atoms with Crippen molar-refractivity contribution in [3.8, 4) is 5.69 Å². The quantitative estimate of drug-likeness (QED) is 0.592. The van der Waals surface area contributed by atoms with Crippen LogP contribution in [0.4, 0.5) is 4.39 Å². The molecule has 0 aliphatic carbocycles. The van der Waals surface area contributed by atoms with Crippen molar-refractivity contribution in [3.63, 3.8) is 0 Å². The molecule has 0 radical (unpaired) electrons. The lowest BCUT2D eigenvalue weighted by Crippen LogP contribution is -2.50. The second-order valence-electron chi connectivity index (χ2n) is 7.26. The molecule has 4 rings (SSSR count). The largest absolute Gasteiger partial charge is 0.336 e. The molecule has 1 N–H and O–H groups in total. The summed E-state index contributed by atoms with van der Waals surface area (Å²) in [6, 6.07) is 5.55. The smallest absolute Gasteiger partial charge is 0.305 e. The predicted molar refractivity (Wildman–Crippen MR) is 118 cm³/mol. The fraction of sp³-hybridized carbons (Fsp3) is 0.316. The van der Waals surface area contributed by atoms with Gasteiger partial charge in [0, 0.05) is 31.9 Å². The first-order valence-corrected chi connectivity index (χ1v) is 12.2. The summed E-state index contributed by atoms with van der Waals surface area (Å²) in [5.74, 6) is -0.764. The molecule has 13 heteroatoms. The highest BCUT2D eigenvalue weighted by Gasteiger charge is 2.34. The van der Waals surface area contributed by atoms with Gasteiger partial charge in [0.1, 0.15) is 11.0 Å². The van der Waals surface area contributed by atoms with Crippen LogP contribution in [0.25, 0.3) is 5.69 Å². The Hall–Kier alpha value is -2.54. The van der Waals surface area contributed by atoms with Crippen molar-refractivity contribution in [1.82, 2.24) is 24.0 Å². The third-order valence-electron chi connectivity index (χ3n) is 5.17. The van der Waals surface area contributed by atoms with Gasteiger partial charge < -0.3 is 9.88 Å². The molecule has 1 saturated heterocycles. The minimum absolute atomic E-state index is 0.0123. The van der Waals surface area contributed by atoms with E-state index in [9.17, 15) is 22.4 Å². The number of piperazine rings is 1. The first-order valence-electron chi connectivity index (χ1n) is 9.60. The van der Waals surface area contributed by atoms with Crippen LogP contribution >= 0.6 is 22.9 Å². The lowest BCUT2D eigenvalue weighted by atomic mass is 10.2. The van der Waals surface area contributed by atoms with E-state index in [1.54, 1.807) is 6.92 Å². The monoisotopic (exact) mass is 499 g/mol. The van der Waals surface area contributed by atoms with Gasteiger partial charge in [0.2, 0.25) is 0 Å². The van der Waals surface area contributed by atoms with Crippen LogP contribution in [-0.2, 0) is 10.0 Å². The van der Waals surface area contributed by atoms with Crippen molar-refractivity contribution in [3.05, 3.63) is 61.9 Å². The van der Waals surface area contributed by atoms with Gasteiger partial charge in [-0.15, -0.1) is 0 Å². The lowest BCUT2D eigenvalue weighted by Gasteiger charge is -2.33. The number of benzene rings is 1. The first kappa shape index (κ1) is 22.6.